The van der Waals surface area contributed by atoms with Gasteiger partial charge in [-0.05, 0) is 17.7 Å². The van der Waals surface area contributed by atoms with E-state index >= 15 is 0 Å². The van der Waals surface area contributed by atoms with Crippen LogP contribution >= 0.6 is 23.2 Å². The van der Waals surface area contributed by atoms with Crippen LogP contribution in [0.25, 0.3) is 0 Å². The third-order valence-corrected chi connectivity index (χ3v) is 6.11. The molecule has 1 saturated heterocycles. The second kappa shape index (κ2) is 9.56. The molecule has 1 aromatic rings. The molecular formula is C19H20Cl2F2N4O5. The lowest BCUT2D eigenvalue weighted by atomic mass is 9.99. The molecule has 3 heterocycles. The molecule has 2 unspecified atom stereocenters. The molecule has 1 fully saturated rings. The summed E-state index contributed by atoms with van der Waals surface area (Å²) in [4.78, 5) is 14.6. The maximum absolute atomic E-state index is 12.3. The summed E-state index contributed by atoms with van der Waals surface area (Å²) in [6.07, 6.45) is -5.04. The number of amidine groups is 1. The molecular weight excluding hydrogens is 473 g/mol. The van der Waals surface area contributed by atoms with E-state index in [1.54, 1.807) is 23.2 Å². The summed E-state index contributed by atoms with van der Waals surface area (Å²) < 4.78 is 30.5. The summed E-state index contributed by atoms with van der Waals surface area (Å²) in [6, 6.07) is 4.50. The van der Waals surface area contributed by atoms with Crippen LogP contribution in [-0.2, 0) is 9.57 Å². The van der Waals surface area contributed by atoms with Crippen molar-refractivity contribution in [3.05, 3.63) is 46.1 Å². The van der Waals surface area contributed by atoms with E-state index in [0.717, 1.165) is 0 Å². The Morgan fingerprint density at radius 1 is 1.22 bits per heavy atom. The van der Waals surface area contributed by atoms with Crippen molar-refractivity contribution >= 4 is 35.4 Å². The van der Waals surface area contributed by atoms with Gasteiger partial charge in [-0.3, -0.25) is 10.3 Å². The number of halogens is 4. The highest BCUT2D eigenvalue weighted by Crippen LogP contribution is 2.38. The molecule has 3 aliphatic heterocycles. The van der Waals surface area contributed by atoms with Crippen molar-refractivity contribution < 1.29 is 33.7 Å². The highest BCUT2D eigenvalue weighted by atomic mass is 35.5. The van der Waals surface area contributed by atoms with Crippen molar-refractivity contribution in [2.75, 3.05) is 6.61 Å². The van der Waals surface area contributed by atoms with Crippen molar-refractivity contribution in [1.29, 1.82) is 0 Å². The molecule has 7 atom stereocenters. The van der Waals surface area contributed by atoms with Crippen molar-refractivity contribution in [2.45, 2.75) is 43.2 Å². The monoisotopic (exact) mass is 492 g/mol. The average molecular weight is 493 g/mol. The minimum atomic E-state index is -2.64. The molecule has 1 aromatic carbocycles. The number of aliphatic imine (C=N–C) groups is 2. The SMILES string of the molecule is O[C@@H]1[C@H](O)[C@@H]([C@H](O)c2ccc(Cl)c(Cl)c2)O[C@H]1N1C=CC2C(NOCC(F)F)=NC=NC21. The Morgan fingerprint density at radius 3 is 2.72 bits per heavy atom. The number of ether oxygens (including phenoxy) is 1. The van der Waals surface area contributed by atoms with E-state index in [2.05, 4.69) is 15.5 Å². The van der Waals surface area contributed by atoms with E-state index in [0.29, 0.717) is 10.6 Å². The summed E-state index contributed by atoms with van der Waals surface area (Å²) in [7, 11) is 0. The number of aliphatic hydroxyl groups excluding tert-OH is 3. The van der Waals surface area contributed by atoms with Gasteiger partial charge in [-0.15, -0.1) is 0 Å². The van der Waals surface area contributed by atoms with E-state index in [9.17, 15) is 24.1 Å². The van der Waals surface area contributed by atoms with Crippen LogP contribution in [0.15, 0.2) is 40.5 Å². The van der Waals surface area contributed by atoms with E-state index in [4.69, 9.17) is 32.8 Å². The average Bonchev–Trinajstić information content (AvgIpc) is 3.31. The molecule has 4 N–H and O–H groups in total. The van der Waals surface area contributed by atoms with Crippen molar-refractivity contribution in [1.82, 2.24) is 10.4 Å². The van der Waals surface area contributed by atoms with Gasteiger partial charge in [0.25, 0.3) is 6.43 Å². The normalized spacial score (nSPS) is 32.4. The summed E-state index contributed by atoms with van der Waals surface area (Å²) in [5, 5.41) is 32.4. The van der Waals surface area contributed by atoms with Crippen LogP contribution in [-0.4, -0.2) is 76.1 Å². The van der Waals surface area contributed by atoms with Gasteiger partial charge < -0.3 is 25.0 Å². The van der Waals surface area contributed by atoms with E-state index in [1.165, 1.54) is 18.5 Å². The minimum absolute atomic E-state index is 0.225. The summed E-state index contributed by atoms with van der Waals surface area (Å²) >= 11 is 11.9. The Kier molecular flexibility index (Phi) is 6.96. The summed E-state index contributed by atoms with van der Waals surface area (Å²) in [5.41, 5.74) is 2.76. The molecule has 0 radical (unpaired) electrons. The smallest absolute Gasteiger partial charge is 0.264 e. The van der Waals surface area contributed by atoms with E-state index in [1.807, 2.05) is 0 Å². The van der Waals surface area contributed by atoms with Gasteiger partial charge in [0, 0.05) is 6.20 Å². The number of hydrogen-bond donors (Lipinski definition) is 4. The number of benzene rings is 1. The van der Waals surface area contributed by atoms with Crippen molar-refractivity contribution in [3.63, 3.8) is 0 Å². The number of hydrogen-bond acceptors (Lipinski definition) is 9. The fourth-order valence-electron chi connectivity index (χ4n) is 3.80. The molecule has 9 nitrogen and oxygen atoms in total. The van der Waals surface area contributed by atoms with Gasteiger partial charge in [-0.25, -0.2) is 18.8 Å². The predicted octanol–water partition coefficient (Wildman–Crippen LogP) is 1.47. The van der Waals surface area contributed by atoms with E-state index < -0.39 is 55.8 Å². The number of nitrogens with zero attached hydrogens (tertiary/aromatic N) is 3. The van der Waals surface area contributed by atoms with Crippen LogP contribution in [0.1, 0.15) is 11.7 Å². The molecule has 0 amide bonds. The van der Waals surface area contributed by atoms with Gasteiger partial charge in [0.15, 0.2) is 6.23 Å². The van der Waals surface area contributed by atoms with Gasteiger partial charge in [0.05, 0.1) is 16.0 Å². The second-order valence-corrected chi connectivity index (χ2v) is 8.22. The standard InChI is InChI=1S/C19H20Cl2F2N4O5/c20-10-2-1-8(5-11(10)21)13(28)16-14(29)15(30)19(32-16)27-4-3-9-17(24-7-25-18(9)27)26-31-6-12(22)23/h1-5,7,9,12-16,18-19,28-30H,6H2,(H,24,25,26)/t9?,13-,14+,15-,16-,18?,19-/m1/s1. The summed E-state index contributed by atoms with van der Waals surface area (Å²) in [5.74, 6) is -0.227. The van der Waals surface area contributed by atoms with Gasteiger partial charge >= 0.3 is 0 Å². The zero-order valence-electron chi connectivity index (χ0n) is 16.3. The second-order valence-electron chi connectivity index (χ2n) is 7.40. The Balaban J connectivity index is 1.46. The Labute approximate surface area is 191 Å². The first-order valence-corrected chi connectivity index (χ1v) is 10.4. The first-order chi connectivity index (χ1) is 15.3. The molecule has 0 spiro atoms. The van der Waals surface area contributed by atoms with Gasteiger partial charge in [-0.2, -0.15) is 0 Å². The number of hydroxylamine groups is 1. The number of aliphatic hydroxyl groups is 3. The number of nitrogens with one attached hydrogen (secondary N) is 1. The largest absolute Gasteiger partial charge is 0.387 e. The lowest BCUT2D eigenvalue weighted by Gasteiger charge is -2.34. The van der Waals surface area contributed by atoms with Gasteiger partial charge in [0.1, 0.15) is 49.4 Å². The molecule has 13 heteroatoms. The van der Waals surface area contributed by atoms with Crippen LogP contribution in [0.5, 0.6) is 0 Å². The molecule has 32 heavy (non-hydrogen) atoms. The maximum atomic E-state index is 12.3. The highest BCUT2D eigenvalue weighted by Gasteiger charge is 2.51. The molecule has 0 aliphatic carbocycles. The topological polar surface area (TPSA) is 119 Å². The number of rotatable bonds is 6. The molecule has 0 saturated carbocycles. The molecule has 3 aliphatic rings. The fourth-order valence-corrected chi connectivity index (χ4v) is 4.11. The lowest BCUT2D eigenvalue weighted by molar-refractivity contribution is -0.111. The Hall–Kier alpha value is -1.86. The molecule has 4 rings (SSSR count). The third-order valence-electron chi connectivity index (χ3n) is 5.38. The van der Waals surface area contributed by atoms with Crippen molar-refractivity contribution in [3.8, 4) is 0 Å². The number of alkyl halides is 2. The highest BCUT2D eigenvalue weighted by molar-refractivity contribution is 6.42. The molecule has 174 valence electrons. The molecule has 0 bridgehead atoms. The zero-order valence-corrected chi connectivity index (χ0v) is 17.8. The van der Waals surface area contributed by atoms with Crippen molar-refractivity contribution in [2.24, 2.45) is 15.9 Å². The fraction of sp³-hybridized carbons (Fsp3) is 0.474. The van der Waals surface area contributed by atoms with Crippen LogP contribution in [0.3, 0.4) is 0 Å². The number of fused-ring (bicyclic) bond motifs is 1. The van der Waals surface area contributed by atoms with Crippen LogP contribution in [0, 0.1) is 5.92 Å². The maximum Gasteiger partial charge on any atom is 0.264 e. The zero-order chi connectivity index (χ0) is 23.0. The van der Waals surface area contributed by atoms with E-state index in [-0.39, 0.29) is 10.9 Å². The Morgan fingerprint density at radius 2 is 2.00 bits per heavy atom. The predicted molar refractivity (Wildman–Crippen MR) is 111 cm³/mol. The first-order valence-electron chi connectivity index (χ1n) is 9.63. The minimum Gasteiger partial charge on any atom is -0.387 e. The third kappa shape index (κ3) is 4.46. The van der Waals surface area contributed by atoms with Gasteiger partial charge in [-0.1, -0.05) is 35.3 Å². The Bertz CT molecular complexity index is 937. The molecule has 0 aromatic heterocycles. The summed E-state index contributed by atoms with van der Waals surface area (Å²) in [6.45, 7) is -0.814. The lowest BCUT2D eigenvalue weighted by Crippen LogP contribution is -2.49. The first kappa shape index (κ1) is 23.3. The van der Waals surface area contributed by atoms with Gasteiger partial charge in [0.2, 0.25) is 0 Å². The quantitative estimate of drug-likeness (QED) is 0.444. The van der Waals surface area contributed by atoms with Crippen LogP contribution in [0.4, 0.5) is 8.78 Å². The van der Waals surface area contributed by atoms with Crippen LogP contribution < -0.4 is 5.48 Å². The van der Waals surface area contributed by atoms with Crippen LogP contribution in [0.2, 0.25) is 10.0 Å².